The molecule has 21 heavy (non-hydrogen) atoms. The van der Waals surface area contributed by atoms with Gasteiger partial charge in [0.05, 0.1) is 4.90 Å². The van der Waals surface area contributed by atoms with Crippen LogP contribution in [0.4, 0.5) is 0 Å². The Hall–Kier alpha value is -1.89. The van der Waals surface area contributed by atoms with Crippen molar-refractivity contribution in [3.05, 3.63) is 54.1 Å². The molecule has 0 bridgehead atoms. The van der Waals surface area contributed by atoms with Crippen LogP contribution in [0.2, 0.25) is 0 Å². The molecule has 112 valence electrons. The minimum Gasteiger partial charge on any atom is -0.457 e. The van der Waals surface area contributed by atoms with E-state index < -0.39 is 10.0 Å². The minimum atomic E-state index is -3.42. The van der Waals surface area contributed by atoms with Gasteiger partial charge in [-0.3, -0.25) is 0 Å². The van der Waals surface area contributed by atoms with Crippen LogP contribution in [0.3, 0.4) is 0 Å². The molecule has 0 saturated carbocycles. The first-order valence-electron chi connectivity index (χ1n) is 6.50. The van der Waals surface area contributed by atoms with Gasteiger partial charge in [0.25, 0.3) is 0 Å². The average molecular weight is 306 g/mol. The summed E-state index contributed by atoms with van der Waals surface area (Å²) in [5.74, 6) is 1.30. The van der Waals surface area contributed by atoms with Gasteiger partial charge in [0.15, 0.2) is 0 Å². The zero-order chi connectivity index (χ0) is 15.3. The fourth-order valence-electron chi connectivity index (χ4n) is 1.86. The van der Waals surface area contributed by atoms with Gasteiger partial charge < -0.3 is 10.1 Å². The lowest BCUT2D eigenvalue weighted by atomic mass is 10.2. The molecule has 0 amide bonds. The quantitative estimate of drug-likeness (QED) is 0.858. The van der Waals surface area contributed by atoms with Crippen LogP contribution >= 0.6 is 0 Å². The smallest absolute Gasteiger partial charge is 0.240 e. The largest absolute Gasteiger partial charge is 0.457 e. The van der Waals surface area contributed by atoms with Crippen LogP contribution in [0.1, 0.15) is 5.56 Å². The molecule has 2 aromatic carbocycles. The molecule has 2 rings (SSSR count). The van der Waals surface area contributed by atoms with E-state index in [4.69, 9.17) is 4.74 Å². The number of ether oxygens (including phenoxy) is 1. The fraction of sp³-hybridized carbons (Fsp3) is 0.200. The Morgan fingerprint density at radius 1 is 1.00 bits per heavy atom. The Balaban J connectivity index is 2.15. The summed E-state index contributed by atoms with van der Waals surface area (Å²) in [5.41, 5.74) is 1.12. The molecule has 0 aliphatic rings. The summed E-state index contributed by atoms with van der Waals surface area (Å²) < 4.78 is 31.3. The van der Waals surface area contributed by atoms with Gasteiger partial charge in [-0.2, -0.15) is 0 Å². The second kappa shape index (κ2) is 6.71. The van der Waals surface area contributed by atoms with Crippen LogP contribution in [0.5, 0.6) is 11.5 Å². The molecule has 5 nitrogen and oxygen atoms in total. The van der Waals surface area contributed by atoms with Crippen LogP contribution in [0.25, 0.3) is 0 Å². The van der Waals surface area contributed by atoms with Crippen molar-refractivity contribution in [1.29, 1.82) is 0 Å². The Kier molecular flexibility index (Phi) is 4.95. The summed E-state index contributed by atoms with van der Waals surface area (Å²) >= 11 is 0. The van der Waals surface area contributed by atoms with Crippen molar-refractivity contribution in [2.75, 3.05) is 14.1 Å². The summed E-state index contributed by atoms with van der Waals surface area (Å²) in [6, 6.07) is 14.0. The molecule has 0 aromatic heterocycles. The second-order valence-electron chi connectivity index (χ2n) is 4.46. The Bertz CT molecular complexity index is 697. The lowest BCUT2D eigenvalue weighted by molar-refractivity contribution is 0.481. The maximum absolute atomic E-state index is 11.6. The number of sulfonamides is 1. The van der Waals surface area contributed by atoms with Crippen molar-refractivity contribution in [3.8, 4) is 11.5 Å². The molecule has 0 atom stereocenters. The highest BCUT2D eigenvalue weighted by Gasteiger charge is 2.10. The molecule has 0 radical (unpaired) electrons. The molecule has 2 aromatic rings. The van der Waals surface area contributed by atoms with E-state index in [1.54, 1.807) is 12.1 Å². The number of benzene rings is 2. The van der Waals surface area contributed by atoms with Gasteiger partial charge >= 0.3 is 0 Å². The summed E-state index contributed by atoms with van der Waals surface area (Å²) in [7, 11) is -0.150. The first-order chi connectivity index (χ1) is 10.0. The van der Waals surface area contributed by atoms with E-state index in [1.165, 1.54) is 19.2 Å². The van der Waals surface area contributed by atoms with Crippen molar-refractivity contribution in [3.63, 3.8) is 0 Å². The van der Waals surface area contributed by atoms with Crippen LogP contribution in [-0.4, -0.2) is 22.5 Å². The van der Waals surface area contributed by atoms with E-state index in [2.05, 4.69) is 10.0 Å². The van der Waals surface area contributed by atoms with Crippen molar-refractivity contribution in [1.82, 2.24) is 10.0 Å². The van der Waals surface area contributed by atoms with Gasteiger partial charge in [-0.25, -0.2) is 13.1 Å². The van der Waals surface area contributed by atoms with E-state index in [-0.39, 0.29) is 4.90 Å². The average Bonchev–Trinajstić information content (AvgIpc) is 2.48. The highest BCUT2D eigenvalue weighted by atomic mass is 32.2. The maximum Gasteiger partial charge on any atom is 0.240 e. The Morgan fingerprint density at radius 3 is 2.33 bits per heavy atom. The molecule has 0 fully saturated rings. The molecule has 6 heteroatoms. The Morgan fingerprint density at radius 2 is 1.71 bits per heavy atom. The number of hydrogen-bond acceptors (Lipinski definition) is 4. The summed E-state index contributed by atoms with van der Waals surface area (Å²) in [6.45, 7) is 0.760. The van der Waals surface area contributed by atoms with E-state index >= 15 is 0 Å². The topological polar surface area (TPSA) is 67.4 Å². The normalized spacial score (nSPS) is 11.3. The number of hydrogen-bond donors (Lipinski definition) is 2. The van der Waals surface area contributed by atoms with E-state index in [0.717, 1.165) is 12.1 Å². The zero-order valence-corrected chi connectivity index (χ0v) is 12.8. The predicted octanol–water partition coefficient (Wildman–Crippen LogP) is 2.11. The van der Waals surface area contributed by atoms with Gasteiger partial charge in [-0.05, 0) is 56.1 Å². The van der Waals surface area contributed by atoms with Crippen LogP contribution in [0, 0.1) is 0 Å². The molecule has 0 unspecified atom stereocenters. The predicted molar refractivity (Wildman–Crippen MR) is 82.0 cm³/mol. The van der Waals surface area contributed by atoms with Gasteiger partial charge in [0.2, 0.25) is 10.0 Å². The molecule has 2 N–H and O–H groups in total. The molecule has 0 heterocycles. The molecule has 0 saturated heterocycles. The fourth-order valence-corrected chi connectivity index (χ4v) is 2.59. The van der Waals surface area contributed by atoms with Gasteiger partial charge in [-0.1, -0.05) is 12.1 Å². The summed E-state index contributed by atoms with van der Waals surface area (Å²) in [6.07, 6.45) is 0. The van der Waals surface area contributed by atoms with Crippen molar-refractivity contribution >= 4 is 10.0 Å². The minimum absolute atomic E-state index is 0.210. The maximum atomic E-state index is 11.6. The zero-order valence-electron chi connectivity index (χ0n) is 12.0. The Labute approximate surface area is 125 Å². The lowest BCUT2D eigenvalue weighted by Gasteiger charge is -2.08. The number of nitrogens with one attached hydrogen (secondary N) is 2. The SMILES string of the molecule is CNCc1cccc(Oc2ccc(S(=O)(=O)NC)cc2)c1. The van der Waals surface area contributed by atoms with Crippen molar-refractivity contribution in [2.45, 2.75) is 11.4 Å². The highest BCUT2D eigenvalue weighted by molar-refractivity contribution is 7.89. The van der Waals surface area contributed by atoms with E-state index in [9.17, 15) is 8.42 Å². The molecule has 0 aliphatic carbocycles. The van der Waals surface area contributed by atoms with Crippen LogP contribution in [-0.2, 0) is 16.6 Å². The van der Waals surface area contributed by atoms with Crippen LogP contribution < -0.4 is 14.8 Å². The van der Waals surface area contributed by atoms with Crippen molar-refractivity contribution < 1.29 is 13.2 Å². The number of rotatable bonds is 6. The standard InChI is InChI=1S/C15H18N2O3S/c1-16-11-12-4-3-5-14(10-12)20-13-6-8-15(9-7-13)21(18,19)17-2/h3-10,16-17H,11H2,1-2H3. The molecular weight excluding hydrogens is 288 g/mol. The monoisotopic (exact) mass is 306 g/mol. The summed E-state index contributed by atoms with van der Waals surface area (Å²) in [4.78, 5) is 0.210. The van der Waals surface area contributed by atoms with Crippen molar-refractivity contribution in [2.24, 2.45) is 0 Å². The highest BCUT2D eigenvalue weighted by Crippen LogP contribution is 2.23. The summed E-state index contributed by atoms with van der Waals surface area (Å²) in [5, 5.41) is 3.08. The third kappa shape index (κ3) is 4.04. The van der Waals surface area contributed by atoms with E-state index in [1.807, 2.05) is 31.3 Å². The lowest BCUT2D eigenvalue weighted by Crippen LogP contribution is -2.18. The molecule has 0 aliphatic heterocycles. The van der Waals surface area contributed by atoms with Gasteiger partial charge in [-0.15, -0.1) is 0 Å². The second-order valence-corrected chi connectivity index (χ2v) is 6.35. The van der Waals surface area contributed by atoms with Gasteiger partial charge in [0, 0.05) is 6.54 Å². The van der Waals surface area contributed by atoms with E-state index in [0.29, 0.717) is 11.5 Å². The first-order valence-corrected chi connectivity index (χ1v) is 7.98. The van der Waals surface area contributed by atoms with Gasteiger partial charge in [0.1, 0.15) is 11.5 Å². The molecular formula is C15H18N2O3S. The first kappa shape index (κ1) is 15.5. The third-order valence-corrected chi connectivity index (χ3v) is 4.35. The van der Waals surface area contributed by atoms with Crippen LogP contribution in [0.15, 0.2) is 53.4 Å². The molecule has 0 spiro atoms. The third-order valence-electron chi connectivity index (χ3n) is 2.92.